The van der Waals surface area contributed by atoms with Crippen LogP contribution < -0.4 is 5.32 Å². The van der Waals surface area contributed by atoms with E-state index < -0.39 is 11.6 Å². The van der Waals surface area contributed by atoms with Crippen LogP contribution in [0.5, 0.6) is 0 Å². The number of rotatable bonds is 9. The summed E-state index contributed by atoms with van der Waals surface area (Å²) >= 11 is 0. The van der Waals surface area contributed by atoms with Crippen LogP contribution in [0.3, 0.4) is 0 Å². The normalized spacial score (nSPS) is 15.7. The Morgan fingerprint density at radius 2 is 1.95 bits per heavy atom. The predicted molar refractivity (Wildman–Crippen MR) is 82.5 cm³/mol. The summed E-state index contributed by atoms with van der Waals surface area (Å²) in [5.74, 6) is -1.04. The van der Waals surface area contributed by atoms with Crippen molar-refractivity contribution in [1.82, 2.24) is 5.32 Å². The van der Waals surface area contributed by atoms with Crippen LogP contribution in [0.25, 0.3) is 0 Å². The van der Waals surface area contributed by atoms with Crippen molar-refractivity contribution in [2.45, 2.75) is 58.6 Å². The molecule has 1 rings (SSSR count). The molecular weight excluding hydrogens is 272 g/mol. The van der Waals surface area contributed by atoms with E-state index in [0.717, 1.165) is 25.5 Å². The van der Waals surface area contributed by atoms with Crippen LogP contribution >= 0.6 is 0 Å². The Hall–Kier alpha value is -1.00. The van der Waals surface area contributed by atoms with Crippen molar-refractivity contribution >= 4 is 0 Å². The zero-order chi connectivity index (χ0) is 15.9. The van der Waals surface area contributed by atoms with E-state index in [0.29, 0.717) is 18.6 Å². The summed E-state index contributed by atoms with van der Waals surface area (Å²) in [6.45, 7) is 9.62. The lowest BCUT2D eigenvalue weighted by Gasteiger charge is -2.37. The molecule has 1 aromatic rings. The first-order chi connectivity index (χ1) is 9.96. The second kappa shape index (κ2) is 8.44. The molecule has 0 radical (unpaired) electrons. The summed E-state index contributed by atoms with van der Waals surface area (Å²) < 4.78 is 32.8. The number of halogens is 2. The molecule has 0 aliphatic carbocycles. The minimum atomic E-state index is -0.544. The molecule has 0 aliphatic heterocycles. The molecule has 2 atom stereocenters. The zero-order valence-electron chi connectivity index (χ0n) is 13.5. The van der Waals surface area contributed by atoms with Gasteiger partial charge in [0, 0.05) is 18.7 Å². The minimum Gasteiger partial charge on any atom is -0.374 e. The number of benzene rings is 1. The second-order valence-electron chi connectivity index (χ2n) is 5.55. The molecule has 1 N–H and O–H groups in total. The highest BCUT2D eigenvalue weighted by atomic mass is 19.1. The van der Waals surface area contributed by atoms with Gasteiger partial charge in [-0.3, -0.25) is 0 Å². The molecule has 0 saturated heterocycles. The molecule has 0 heterocycles. The molecule has 0 aliphatic rings. The molecule has 0 saturated carbocycles. The number of hydrogen-bond acceptors (Lipinski definition) is 2. The van der Waals surface area contributed by atoms with Crippen LogP contribution in [0.2, 0.25) is 0 Å². The molecular formula is C17H27F2NO. The van der Waals surface area contributed by atoms with Gasteiger partial charge in [-0.2, -0.15) is 0 Å². The third-order valence-electron chi connectivity index (χ3n) is 3.99. The summed E-state index contributed by atoms with van der Waals surface area (Å²) in [5, 5.41) is 3.45. The van der Waals surface area contributed by atoms with Crippen molar-refractivity contribution in [1.29, 1.82) is 0 Å². The van der Waals surface area contributed by atoms with Crippen LogP contribution in [0.4, 0.5) is 8.78 Å². The Morgan fingerprint density at radius 1 is 1.24 bits per heavy atom. The fourth-order valence-electron chi connectivity index (χ4n) is 2.51. The van der Waals surface area contributed by atoms with E-state index in [9.17, 15) is 8.78 Å². The van der Waals surface area contributed by atoms with Crippen LogP contribution in [0, 0.1) is 11.6 Å². The van der Waals surface area contributed by atoms with E-state index in [1.54, 1.807) is 0 Å². The Morgan fingerprint density at radius 3 is 2.48 bits per heavy atom. The Bertz CT molecular complexity index is 439. The zero-order valence-corrected chi connectivity index (χ0v) is 13.5. The van der Waals surface area contributed by atoms with Gasteiger partial charge in [0.2, 0.25) is 0 Å². The topological polar surface area (TPSA) is 21.3 Å². The van der Waals surface area contributed by atoms with E-state index in [4.69, 9.17) is 4.74 Å². The van der Waals surface area contributed by atoms with Crippen molar-refractivity contribution in [3.8, 4) is 0 Å². The van der Waals surface area contributed by atoms with Crippen molar-refractivity contribution < 1.29 is 13.5 Å². The molecule has 2 unspecified atom stereocenters. The summed E-state index contributed by atoms with van der Waals surface area (Å²) in [6, 6.07) is 3.75. The molecule has 0 amide bonds. The van der Waals surface area contributed by atoms with E-state index in [1.807, 2.05) is 13.8 Å². The third-order valence-corrected chi connectivity index (χ3v) is 3.99. The van der Waals surface area contributed by atoms with E-state index in [1.165, 1.54) is 12.1 Å². The maximum atomic E-state index is 13.9. The maximum Gasteiger partial charge on any atom is 0.129 e. The Balaban J connectivity index is 2.96. The molecule has 2 nitrogen and oxygen atoms in total. The highest BCUT2D eigenvalue weighted by molar-refractivity contribution is 5.20. The number of ether oxygens (including phenoxy) is 1. The van der Waals surface area contributed by atoms with Crippen molar-refractivity contribution in [2.24, 2.45) is 0 Å². The minimum absolute atomic E-state index is 0.0117. The summed E-state index contributed by atoms with van der Waals surface area (Å²) in [7, 11) is 0. The van der Waals surface area contributed by atoms with Gasteiger partial charge >= 0.3 is 0 Å². The van der Waals surface area contributed by atoms with E-state index in [2.05, 4.69) is 19.2 Å². The highest BCUT2D eigenvalue weighted by Gasteiger charge is 2.33. The fraction of sp³-hybridized carbons (Fsp3) is 0.647. The first kappa shape index (κ1) is 18.1. The van der Waals surface area contributed by atoms with Crippen molar-refractivity contribution in [2.75, 3.05) is 13.2 Å². The van der Waals surface area contributed by atoms with Gasteiger partial charge in [-0.25, -0.2) is 8.78 Å². The lowest BCUT2D eigenvalue weighted by Crippen LogP contribution is -2.52. The second-order valence-corrected chi connectivity index (χ2v) is 5.55. The molecule has 0 fully saturated rings. The molecule has 4 heteroatoms. The van der Waals surface area contributed by atoms with Crippen molar-refractivity contribution in [3.05, 3.63) is 35.4 Å². The van der Waals surface area contributed by atoms with Crippen LogP contribution in [0.15, 0.2) is 18.2 Å². The first-order valence-corrected chi connectivity index (χ1v) is 7.78. The van der Waals surface area contributed by atoms with E-state index >= 15 is 0 Å². The quantitative estimate of drug-likeness (QED) is 0.742. The summed E-state index contributed by atoms with van der Waals surface area (Å²) in [4.78, 5) is 0. The standard InChI is InChI=1S/C17H27F2NO/c1-5-10-20-16(17(4,6-2)21-7-3)11-13-8-9-14(18)12-15(13)19/h8-9,12,16,20H,5-7,10-11H2,1-4H3. The lowest BCUT2D eigenvalue weighted by molar-refractivity contribution is -0.0551. The smallest absolute Gasteiger partial charge is 0.129 e. The fourth-order valence-corrected chi connectivity index (χ4v) is 2.51. The predicted octanol–water partition coefficient (Wildman–Crippen LogP) is 4.08. The van der Waals surface area contributed by atoms with Gasteiger partial charge in [0.15, 0.2) is 0 Å². The van der Waals surface area contributed by atoms with Gasteiger partial charge in [-0.15, -0.1) is 0 Å². The van der Waals surface area contributed by atoms with Gasteiger partial charge in [-0.05, 0) is 51.3 Å². The van der Waals surface area contributed by atoms with Crippen molar-refractivity contribution in [3.63, 3.8) is 0 Å². The SMILES string of the molecule is CCCNC(Cc1ccc(F)cc1F)C(C)(CC)OCC. The van der Waals surface area contributed by atoms with Gasteiger partial charge in [0.05, 0.1) is 5.60 Å². The molecule has 1 aromatic carbocycles. The Kier molecular flexibility index (Phi) is 7.26. The average molecular weight is 299 g/mol. The maximum absolute atomic E-state index is 13.9. The third kappa shape index (κ3) is 5.04. The largest absolute Gasteiger partial charge is 0.374 e. The molecule has 21 heavy (non-hydrogen) atoms. The van der Waals surface area contributed by atoms with Crippen LogP contribution in [0.1, 0.15) is 46.1 Å². The van der Waals surface area contributed by atoms with Gasteiger partial charge in [0.1, 0.15) is 11.6 Å². The first-order valence-electron chi connectivity index (χ1n) is 7.78. The number of nitrogens with one attached hydrogen (secondary N) is 1. The molecule has 0 aromatic heterocycles. The monoisotopic (exact) mass is 299 g/mol. The highest BCUT2D eigenvalue weighted by Crippen LogP contribution is 2.24. The molecule has 0 bridgehead atoms. The summed E-state index contributed by atoms with van der Waals surface area (Å²) in [6.07, 6.45) is 2.30. The number of hydrogen-bond donors (Lipinski definition) is 1. The van der Waals surface area contributed by atoms with Crippen LogP contribution in [-0.4, -0.2) is 24.8 Å². The molecule has 0 spiro atoms. The lowest BCUT2D eigenvalue weighted by atomic mass is 9.88. The van der Waals surface area contributed by atoms with Gasteiger partial charge in [0.25, 0.3) is 0 Å². The van der Waals surface area contributed by atoms with Gasteiger partial charge in [-0.1, -0.05) is 19.9 Å². The van der Waals surface area contributed by atoms with E-state index in [-0.39, 0.29) is 11.6 Å². The average Bonchev–Trinajstić information content (AvgIpc) is 2.45. The summed E-state index contributed by atoms with van der Waals surface area (Å²) in [5.41, 5.74) is 0.148. The van der Waals surface area contributed by atoms with Gasteiger partial charge < -0.3 is 10.1 Å². The van der Waals surface area contributed by atoms with Crippen LogP contribution in [-0.2, 0) is 11.2 Å². The molecule has 120 valence electrons. The Labute approximate surface area is 126 Å².